The lowest BCUT2D eigenvalue weighted by Gasteiger charge is -2.53. The number of benzene rings is 1. The zero-order chi connectivity index (χ0) is 20.4. The highest BCUT2D eigenvalue weighted by Crippen LogP contribution is 2.53. The highest BCUT2D eigenvalue weighted by molar-refractivity contribution is 5.84. The van der Waals surface area contributed by atoms with Gasteiger partial charge in [-0.25, -0.2) is 0 Å². The Bertz CT molecular complexity index is 837. The number of hydrogen-bond acceptors (Lipinski definition) is 2. The minimum Gasteiger partial charge on any atom is -0.351 e. The fraction of sp³-hybridized carbons (Fsp3) is 0.636. The highest BCUT2D eigenvalue weighted by atomic mass is 19.4. The maximum Gasteiger partial charge on any atom is 0.416 e. The largest absolute Gasteiger partial charge is 0.416 e. The van der Waals surface area contributed by atoms with E-state index in [2.05, 4.69) is 5.32 Å². The fourth-order valence-electron chi connectivity index (χ4n) is 6.04. The van der Waals surface area contributed by atoms with Crippen LogP contribution in [0.2, 0.25) is 0 Å². The standard InChI is InChI=1S/C22H25F3N2O2/c23-22(24,25)17-3-1-14(2-4-17)15-5-7-20(9-15)12-27(13-20)19(29)16-10-21(11-16)8-6-18(28)26-21/h1-4,15-16H,5-13H2,(H,26,28)/t15-,16-,21+/m1/s1. The van der Waals surface area contributed by atoms with Crippen molar-refractivity contribution < 1.29 is 22.8 Å². The Labute approximate surface area is 167 Å². The van der Waals surface area contributed by atoms with Gasteiger partial charge in [-0.3, -0.25) is 9.59 Å². The van der Waals surface area contributed by atoms with Gasteiger partial charge in [0.15, 0.2) is 0 Å². The van der Waals surface area contributed by atoms with Crippen molar-refractivity contribution in [2.75, 3.05) is 13.1 Å². The van der Waals surface area contributed by atoms with Crippen LogP contribution in [0, 0.1) is 11.3 Å². The Morgan fingerprint density at radius 2 is 1.76 bits per heavy atom. The van der Waals surface area contributed by atoms with Crippen LogP contribution in [-0.2, 0) is 15.8 Å². The van der Waals surface area contributed by atoms with Crippen molar-refractivity contribution in [3.8, 4) is 0 Å². The number of likely N-dealkylation sites (tertiary alicyclic amines) is 1. The molecule has 0 aromatic heterocycles. The summed E-state index contributed by atoms with van der Waals surface area (Å²) < 4.78 is 38.3. The van der Waals surface area contributed by atoms with E-state index < -0.39 is 11.7 Å². The average molecular weight is 406 g/mol. The van der Waals surface area contributed by atoms with Crippen LogP contribution in [0.25, 0.3) is 0 Å². The minimum atomic E-state index is -4.30. The smallest absolute Gasteiger partial charge is 0.351 e. The second kappa shape index (κ2) is 6.22. The monoisotopic (exact) mass is 406 g/mol. The first kappa shape index (κ1) is 18.9. The van der Waals surface area contributed by atoms with Crippen molar-refractivity contribution in [2.45, 2.75) is 62.6 Å². The number of rotatable bonds is 2. The molecule has 2 aliphatic heterocycles. The van der Waals surface area contributed by atoms with E-state index in [0.29, 0.717) is 6.42 Å². The summed E-state index contributed by atoms with van der Waals surface area (Å²) in [6.45, 7) is 1.53. The molecule has 1 aromatic carbocycles. The number of nitrogens with zero attached hydrogens (tertiary/aromatic N) is 1. The van der Waals surface area contributed by atoms with Crippen molar-refractivity contribution in [1.29, 1.82) is 0 Å². The summed E-state index contributed by atoms with van der Waals surface area (Å²) in [7, 11) is 0. The summed E-state index contributed by atoms with van der Waals surface area (Å²) in [6, 6.07) is 5.56. The van der Waals surface area contributed by atoms with Crippen molar-refractivity contribution >= 4 is 11.8 Å². The molecule has 2 heterocycles. The lowest BCUT2D eigenvalue weighted by molar-refractivity contribution is -0.153. The molecular weight excluding hydrogens is 381 g/mol. The Morgan fingerprint density at radius 3 is 2.34 bits per heavy atom. The molecule has 2 spiro atoms. The van der Waals surface area contributed by atoms with E-state index in [0.717, 1.165) is 57.2 Å². The Balaban J connectivity index is 1.14. The molecule has 0 bridgehead atoms. The predicted octanol–water partition coefficient (Wildman–Crippen LogP) is 3.86. The maximum atomic E-state index is 12.8. The van der Waals surface area contributed by atoms with Gasteiger partial charge in [-0.1, -0.05) is 12.1 Å². The summed E-state index contributed by atoms with van der Waals surface area (Å²) in [5.41, 5.74) is 0.371. The first-order valence-corrected chi connectivity index (χ1v) is 10.4. The zero-order valence-electron chi connectivity index (χ0n) is 16.2. The molecule has 156 valence electrons. The van der Waals surface area contributed by atoms with Gasteiger partial charge in [-0.15, -0.1) is 0 Å². The van der Waals surface area contributed by atoms with Gasteiger partial charge in [0, 0.05) is 36.4 Å². The Morgan fingerprint density at radius 1 is 1.07 bits per heavy atom. The van der Waals surface area contributed by atoms with Gasteiger partial charge in [0.1, 0.15) is 0 Å². The number of halogens is 3. The van der Waals surface area contributed by atoms with Crippen molar-refractivity contribution in [3.05, 3.63) is 35.4 Å². The minimum absolute atomic E-state index is 0.0258. The second-order valence-corrected chi connectivity index (χ2v) is 9.69. The predicted molar refractivity (Wildman–Crippen MR) is 99.9 cm³/mol. The molecule has 7 heteroatoms. The average Bonchev–Trinajstić information content (AvgIpc) is 3.22. The molecule has 4 aliphatic rings. The molecule has 2 saturated heterocycles. The van der Waals surface area contributed by atoms with Crippen LogP contribution in [0.1, 0.15) is 62.0 Å². The van der Waals surface area contributed by atoms with Gasteiger partial charge < -0.3 is 10.2 Å². The molecule has 2 aliphatic carbocycles. The molecule has 0 unspecified atom stereocenters. The van der Waals surface area contributed by atoms with Gasteiger partial charge in [-0.05, 0) is 62.1 Å². The van der Waals surface area contributed by atoms with Gasteiger partial charge in [0.25, 0.3) is 0 Å². The lowest BCUT2D eigenvalue weighted by Crippen LogP contribution is -2.63. The molecule has 5 rings (SSSR count). The van der Waals surface area contributed by atoms with Gasteiger partial charge in [0.2, 0.25) is 11.8 Å². The summed E-state index contributed by atoms with van der Waals surface area (Å²) in [4.78, 5) is 26.2. The maximum absolute atomic E-state index is 12.8. The first-order chi connectivity index (χ1) is 13.7. The van der Waals surface area contributed by atoms with Gasteiger partial charge >= 0.3 is 6.18 Å². The van der Waals surface area contributed by atoms with Crippen molar-refractivity contribution in [2.24, 2.45) is 11.3 Å². The van der Waals surface area contributed by atoms with Crippen molar-refractivity contribution in [3.63, 3.8) is 0 Å². The number of alkyl halides is 3. The summed E-state index contributed by atoms with van der Waals surface area (Å²) >= 11 is 0. The number of nitrogens with one attached hydrogen (secondary N) is 1. The third kappa shape index (κ3) is 3.22. The third-order valence-corrected chi connectivity index (χ3v) is 7.63. The zero-order valence-corrected chi connectivity index (χ0v) is 16.2. The van der Waals surface area contributed by atoms with E-state index in [1.54, 1.807) is 12.1 Å². The van der Waals surface area contributed by atoms with E-state index in [4.69, 9.17) is 0 Å². The van der Waals surface area contributed by atoms with E-state index in [9.17, 15) is 22.8 Å². The van der Waals surface area contributed by atoms with E-state index >= 15 is 0 Å². The summed E-state index contributed by atoms with van der Waals surface area (Å²) in [5, 5.41) is 3.03. The molecule has 2 saturated carbocycles. The number of hydrogen-bond donors (Lipinski definition) is 1. The lowest BCUT2D eigenvalue weighted by atomic mass is 9.66. The molecule has 1 aromatic rings. The topological polar surface area (TPSA) is 49.4 Å². The molecule has 1 N–H and O–H groups in total. The number of carbonyl (C=O) groups is 2. The van der Waals surface area contributed by atoms with Crippen LogP contribution < -0.4 is 5.32 Å². The van der Waals surface area contributed by atoms with Crippen LogP contribution >= 0.6 is 0 Å². The van der Waals surface area contributed by atoms with E-state index in [1.807, 2.05) is 4.90 Å². The van der Waals surface area contributed by atoms with Gasteiger partial charge in [0.05, 0.1) is 5.56 Å². The molecule has 4 nitrogen and oxygen atoms in total. The van der Waals surface area contributed by atoms with Gasteiger partial charge in [-0.2, -0.15) is 13.2 Å². The van der Waals surface area contributed by atoms with Crippen LogP contribution in [0.15, 0.2) is 24.3 Å². The summed E-state index contributed by atoms with van der Waals surface area (Å²) in [5.74, 6) is 0.604. The first-order valence-electron chi connectivity index (χ1n) is 10.4. The number of carbonyl (C=O) groups excluding carboxylic acids is 2. The van der Waals surface area contributed by atoms with Crippen LogP contribution in [0.4, 0.5) is 13.2 Å². The molecule has 29 heavy (non-hydrogen) atoms. The van der Waals surface area contributed by atoms with Crippen LogP contribution in [0.5, 0.6) is 0 Å². The summed E-state index contributed by atoms with van der Waals surface area (Å²) in [6.07, 6.45) is 1.55. The molecule has 0 radical (unpaired) electrons. The highest BCUT2D eigenvalue weighted by Gasteiger charge is 2.55. The molecular formula is C22H25F3N2O2. The van der Waals surface area contributed by atoms with E-state index in [1.165, 1.54) is 12.1 Å². The Hall–Kier alpha value is -2.05. The SMILES string of the molecule is O=C1CC[C@]2(C[C@H](C(=O)N3CC4(CC[C@@H](c5ccc(C(F)(F)F)cc5)C4)C3)C2)N1. The molecule has 4 fully saturated rings. The Kier molecular flexibility index (Phi) is 4.07. The second-order valence-electron chi connectivity index (χ2n) is 9.69. The van der Waals surface area contributed by atoms with E-state index in [-0.39, 0.29) is 34.6 Å². The normalized spacial score (nSPS) is 32.9. The van der Waals surface area contributed by atoms with Crippen LogP contribution in [-0.4, -0.2) is 35.3 Å². The van der Waals surface area contributed by atoms with Crippen molar-refractivity contribution in [1.82, 2.24) is 10.2 Å². The molecule has 1 atom stereocenters. The number of amides is 2. The molecule has 2 amide bonds. The third-order valence-electron chi connectivity index (χ3n) is 7.63. The quantitative estimate of drug-likeness (QED) is 0.811. The van der Waals surface area contributed by atoms with Crippen LogP contribution in [0.3, 0.4) is 0 Å². The fourth-order valence-corrected chi connectivity index (χ4v) is 6.04.